The van der Waals surface area contributed by atoms with E-state index >= 15 is 0 Å². The summed E-state index contributed by atoms with van der Waals surface area (Å²) in [6.07, 6.45) is 3.00. The topological polar surface area (TPSA) is 90.0 Å². The molecule has 2 N–H and O–H groups in total. The number of amides is 1. The van der Waals surface area contributed by atoms with Gasteiger partial charge < -0.3 is 9.88 Å². The number of fused-ring (bicyclic) bond motifs is 2. The number of imidazole rings is 1. The molecule has 1 aliphatic heterocycles. The lowest BCUT2D eigenvalue weighted by molar-refractivity contribution is 0.0829. The molecule has 2 aromatic heterocycles. The van der Waals surface area contributed by atoms with E-state index in [2.05, 4.69) is 31.2 Å². The average Bonchev–Trinajstić information content (AvgIpc) is 3.17. The summed E-state index contributed by atoms with van der Waals surface area (Å²) in [6, 6.07) is 5.55. The Morgan fingerprint density at radius 1 is 1.30 bits per heavy atom. The molecule has 116 valence electrons. The normalized spacial score (nSPS) is 13.3. The van der Waals surface area contributed by atoms with Crippen molar-refractivity contribution in [1.82, 2.24) is 25.1 Å². The Morgan fingerprint density at radius 2 is 2.17 bits per heavy atom. The molecule has 0 saturated carbocycles. The highest BCUT2D eigenvalue weighted by atomic mass is 16.2. The molecule has 0 spiro atoms. The van der Waals surface area contributed by atoms with Crippen molar-refractivity contribution in [3.8, 4) is 11.5 Å². The molecule has 0 radical (unpaired) electrons. The molecule has 7 heteroatoms. The molecule has 0 atom stereocenters. The second-order valence-corrected chi connectivity index (χ2v) is 5.70. The van der Waals surface area contributed by atoms with Crippen molar-refractivity contribution in [1.29, 1.82) is 0 Å². The van der Waals surface area contributed by atoms with E-state index in [1.165, 1.54) is 0 Å². The Balaban J connectivity index is 1.93. The van der Waals surface area contributed by atoms with Crippen LogP contribution in [0.5, 0.6) is 0 Å². The van der Waals surface area contributed by atoms with Crippen LogP contribution in [0.1, 0.15) is 16.8 Å². The minimum atomic E-state index is -0.0701. The van der Waals surface area contributed by atoms with Gasteiger partial charge in [0.25, 0.3) is 5.91 Å². The maximum atomic E-state index is 12.3. The van der Waals surface area contributed by atoms with Crippen LogP contribution >= 0.6 is 0 Å². The Morgan fingerprint density at radius 3 is 3.00 bits per heavy atom. The van der Waals surface area contributed by atoms with Crippen LogP contribution in [0, 0.1) is 0 Å². The van der Waals surface area contributed by atoms with Crippen LogP contribution < -0.4 is 10.7 Å². The number of aromatic amines is 2. The summed E-state index contributed by atoms with van der Waals surface area (Å²) >= 11 is 0. The van der Waals surface area contributed by atoms with Crippen LogP contribution in [0.2, 0.25) is 0 Å². The number of para-hydroxylation sites is 1. The lowest BCUT2D eigenvalue weighted by Gasteiger charge is -2.09. The number of H-pyrrole nitrogens is 2. The number of hydrogen-bond donors (Lipinski definition) is 2. The molecule has 1 aromatic carbocycles. The highest BCUT2D eigenvalue weighted by molar-refractivity contribution is 6.05. The highest BCUT2D eigenvalue weighted by Gasteiger charge is 2.17. The van der Waals surface area contributed by atoms with E-state index in [1.54, 1.807) is 25.1 Å². The zero-order valence-electron chi connectivity index (χ0n) is 12.9. The van der Waals surface area contributed by atoms with E-state index in [9.17, 15) is 4.79 Å². The largest absolute Gasteiger partial charge is 0.345 e. The zero-order chi connectivity index (χ0) is 16.0. The molecule has 0 aliphatic carbocycles. The number of carbonyl (C=O) groups excluding carboxylic acids is 1. The Labute approximate surface area is 131 Å². The molecule has 23 heavy (non-hydrogen) atoms. The van der Waals surface area contributed by atoms with Gasteiger partial charge in [0.15, 0.2) is 11.3 Å². The lowest BCUT2D eigenvalue weighted by Crippen LogP contribution is -2.27. The second-order valence-electron chi connectivity index (χ2n) is 5.70. The third-order valence-corrected chi connectivity index (χ3v) is 3.90. The summed E-state index contributed by atoms with van der Waals surface area (Å²) < 4.78 is 0. The molecule has 0 unspecified atom stereocenters. The molecule has 7 nitrogen and oxygen atoms in total. The monoisotopic (exact) mass is 308 g/mol. The SMILES string of the molecule is CN(C)C(=O)c1cccc2[nH]c(-c3n[nH]c4c3=CCCN=4)nc12. The van der Waals surface area contributed by atoms with Gasteiger partial charge in [0, 0.05) is 25.9 Å². The van der Waals surface area contributed by atoms with Crippen LogP contribution in [0.3, 0.4) is 0 Å². The van der Waals surface area contributed by atoms with Crippen LogP contribution in [0.15, 0.2) is 23.2 Å². The molecule has 0 saturated heterocycles. The van der Waals surface area contributed by atoms with Gasteiger partial charge in [-0.1, -0.05) is 12.1 Å². The summed E-state index contributed by atoms with van der Waals surface area (Å²) in [7, 11) is 3.46. The van der Waals surface area contributed by atoms with Crippen LogP contribution in [0.25, 0.3) is 28.6 Å². The first-order valence-corrected chi connectivity index (χ1v) is 7.45. The first-order valence-electron chi connectivity index (χ1n) is 7.45. The van der Waals surface area contributed by atoms with Gasteiger partial charge in [0.05, 0.1) is 11.1 Å². The predicted octanol–water partition coefficient (Wildman–Crippen LogP) is 0.459. The predicted molar refractivity (Wildman–Crippen MR) is 86.4 cm³/mol. The molecule has 1 aliphatic rings. The van der Waals surface area contributed by atoms with Crippen molar-refractivity contribution in [3.05, 3.63) is 34.5 Å². The van der Waals surface area contributed by atoms with E-state index in [1.807, 2.05) is 12.1 Å². The Kier molecular flexibility index (Phi) is 3.00. The van der Waals surface area contributed by atoms with Crippen molar-refractivity contribution >= 4 is 23.0 Å². The maximum absolute atomic E-state index is 12.3. The molecule has 3 aromatic rings. The van der Waals surface area contributed by atoms with Crippen molar-refractivity contribution in [2.75, 3.05) is 20.6 Å². The molecular weight excluding hydrogens is 292 g/mol. The fraction of sp³-hybridized carbons (Fsp3) is 0.250. The van der Waals surface area contributed by atoms with Gasteiger partial charge >= 0.3 is 0 Å². The number of nitrogens with zero attached hydrogens (tertiary/aromatic N) is 4. The van der Waals surface area contributed by atoms with Crippen molar-refractivity contribution in [3.63, 3.8) is 0 Å². The first kappa shape index (κ1) is 13.7. The Bertz CT molecular complexity index is 1030. The highest BCUT2D eigenvalue weighted by Crippen LogP contribution is 2.21. The summed E-state index contributed by atoms with van der Waals surface area (Å²) in [6.45, 7) is 0.774. The average molecular weight is 308 g/mol. The van der Waals surface area contributed by atoms with Crippen molar-refractivity contribution < 1.29 is 4.79 Å². The van der Waals surface area contributed by atoms with Gasteiger partial charge in [-0.05, 0) is 18.6 Å². The van der Waals surface area contributed by atoms with Crippen LogP contribution in [-0.4, -0.2) is 51.6 Å². The van der Waals surface area contributed by atoms with E-state index in [-0.39, 0.29) is 5.91 Å². The quantitative estimate of drug-likeness (QED) is 0.720. The van der Waals surface area contributed by atoms with Gasteiger partial charge in [-0.3, -0.25) is 14.9 Å². The lowest BCUT2D eigenvalue weighted by atomic mass is 10.1. The van der Waals surface area contributed by atoms with E-state index < -0.39 is 0 Å². The van der Waals surface area contributed by atoms with Gasteiger partial charge in [0.1, 0.15) is 11.2 Å². The van der Waals surface area contributed by atoms with Gasteiger partial charge in [-0.15, -0.1) is 0 Å². The summed E-state index contributed by atoms with van der Waals surface area (Å²) in [5.41, 5.74) is 3.58. The van der Waals surface area contributed by atoms with E-state index in [0.717, 1.165) is 34.9 Å². The number of nitrogens with one attached hydrogen (secondary N) is 2. The van der Waals surface area contributed by atoms with Crippen molar-refractivity contribution in [2.45, 2.75) is 6.42 Å². The molecule has 0 fully saturated rings. The minimum Gasteiger partial charge on any atom is -0.345 e. The van der Waals surface area contributed by atoms with Crippen LogP contribution in [-0.2, 0) is 0 Å². The van der Waals surface area contributed by atoms with Gasteiger partial charge in [0.2, 0.25) is 0 Å². The second kappa shape index (κ2) is 5.05. The fourth-order valence-electron chi connectivity index (χ4n) is 2.78. The smallest absolute Gasteiger partial charge is 0.255 e. The third kappa shape index (κ3) is 2.12. The molecule has 0 bridgehead atoms. The van der Waals surface area contributed by atoms with Crippen LogP contribution in [0.4, 0.5) is 0 Å². The number of carbonyl (C=O) groups is 1. The Hall–Kier alpha value is -2.96. The summed E-state index contributed by atoms with van der Waals surface area (Å²) in [5.74, 6) is 0.573. The number of aromatic nitrogens is 4. The first-order chi connectivity index (χ1) is 11.1. The van der Waals surface area contributed by atoms with E-state index in [4.69, 9.17) is 0 Å². The number of hydrogen-bond acceptors (Lipinski definition) is 4. The third-order valence-electron chi connectivity index (χ3n) is 3.90. The fourth-order valence-corrected chi connectivity index (χ4v) is 2.78. The standard InChI is InChI=1S/C16H16N6O/c1-22(2)16(23)10-5-3-7-11-12(10)19-15(18-11)13-9-6-4-8-17-14(9)21-20-13/h3,5-7H,4,8H2,1-2H3,(H,17,21)(H,18,19). The molecular formula is C16H16N6O. The zero-order valence-corrected chi connectivity index (χ0v) is 12.9. The maximum Gasteiger partial charge on any atom is 0.255 e. The molecule has 1 amide bonds. The number of rotatable bonds is 2. The van der Waals surface area contributed by atoms with Gasteiger partial charge in [-0.25, -0.2) is 4.98 Å². The number of benzene rings is 1. The molecule has 3 heterocycles. The van der Waals surface area contributed by atoms with Crippen molar-refractivity contribution in [2.24, 2.45) is 4.99 Å². The summed E-state index contributed by atoms with van der Waals surface area (Å²) in [5, 5.41) is 8.24. The van der Waals surface area contributed by atoms with E-state index in [0.29, 0.717) is 16.9 Å². The summed E-state index contributed by atoms with van der Waals surface area (Å²) in [4.78, 5) is 26.1. The molecule has 4 rings (SSSR count). The minimum absolute atomic E-state index is 0.0701. The van der Waals surface area contributed by atoms with Gasteiger partial charge in [-0.2, -0.15) is 5.10 Å².